The number of halogens is 3. The maximum atomic E-state index is 14.5. The van der Waals surface area contributed by atoms with E-state index in [-0.39, 0.29) is 35.8 Å². The van der Waals surface area contributed by atoms with Gasteiger partial charge in [-0.3, -0.25) is 14.5 Å². The first kappa shape index (κ1) is 25.4. The van der Waals surface area contributed by atoms with E-state index in [0.717, 1.165) is 17.7 Å². The normalized spacial score (nSPS) is 15.2. The fourth-order valence-electron chi connectivity index (χ4n) is 4.49. The maximum absolute atomic E-state index is 14.5. The van der Waals surface area contributed by atoms with Crippen LogP contribution >= 0.6 is 0 Å². The molecule has 36 heavy (non-hydrogen) atoms. The van der Waals surface area contributed by atoms with Gasteiger partial charge in [-0.25, -0.2) is 13.2 Å². The number of anilines is 1. The molecule has 0 saturated carbocycles. The summed E-state index contributed by atoms with van der Waals surface area (Å²) in [5, 5.41) is 0. The van der Waals surface area contributed by atoms with E-state index in [1.807, 2.05) is 30.3 Å². The predicted molar refractivity (Wildman–Crippen MR) is 132 cm³/mol. The number of hydrogen-bond acceptors (Lipinski definition) is 3. The van der Waals surface area contributed by atoms with Crippen LogP contribution in [-0.4, -0.2) is 47.8 Å². The molecule has 0 aliphatic carbocycles. The van der Waals surface area contributed by atoms with Crippen LogP contribution in [0.1, 0.15) is 34.8 Å². The molecule has 8 heteroatoms. The van der Waals surface area contributed by atoms with Crippen molar-refractivity contribution in [1.29, 1.82) is 0 Å². The fourth-order valence-corrected chi connectivity index (χ4v) is 4.49. The maximum Gasteiger partial charge on any atom is 0.257 e. The van der Waals surface area contributed by atoms with Gasteiger partial charge in [0, 0.05) is 52.3 Å². The zero-order valence-electron chi connectivity index (χ0n) is 20.1. The largest absolute Gasteiger partial charge is 0.333 e. The molecule has 0 saturated heterocycles. The molecule has 0 radical (unpaired) electrons. The van der Waals surface area contributed by atoms with Crippen molar-refractivity contribution < 1.29 is 22.8 Å². The minimum absolute atomic E-state index is 0.102. The molecular weight excluding hydrogens is 467 g/mol. The van der Waals surface area contributed by atoms with Crippen LogP contribution in [0.3, 0.4) is 0 Å². The summed E-state index contributed by atoms with van der Waals surface area (Å²) in [5.74, 6) is -3.68. The van der Waals surface area contributed by atoms with E-state index in [1.165, 1.54) is 34.9 Å². The highest BCUT2D eigenvalue weighted by Crippen LogP contribution is 2.27. The van der Waals surface area contributed by atoms with Crippen LogP contribution in [0.4, 0.5) is 18.9 Å². The van der Waals surface area contributed by atoms with Gasteiger partial charge >= 0.3 is 0 Å². The molecule has 0 atom stereocenters. The van der Waals surface area contributed by atoms with E-state index in [4.69, 9.17) is 0 Å². The van der Waals surface area contributed by atoms with Gasteiger partial charge in [0.25, 0.3) is 5.91 Å². The summed E-state index contributed by atoms with van der Waals surface area (Å²) in [5.41, 5.74) is 1.49. The third-order valence-corrected chi connectivity index (χ3v) is 6.34. The summed E-state index contributed by atoms with van der Waals surface area (Å²) in [7, 11) is 0. The van der Waals surface area contributed by atoms with Crippen molar-refractivity contribution >= 4 is 17.5 Å². The molecule has 4 rings (SSSR count). The second-order valence-electron chi connectivity index (χ2n) is 8.89. The van der Waals surface area contributed by atoms with Gasteiger partial charge in [0.2, 0.25) is 5.91 Å². The molecule has 188 valence electrons. The average Bonchev–Trinajstić information content (AvgIpc) is 2.89. The van der Waals surface area contributed by atoms with Crippen LogP contribution in [0.2, 0.25) is 0 Å². The molecule has 2 amide bonds. The van der Waals surface area contributed by atoms with E-state index in [1.54, 1.807) is 6.07 Å². The first-order chi connectivity index (χ1) is 17.3. The molecule has 0 aromatic heterocycles. The van der Waals surface area contributed by atoms with Crippen LogP contribution < -0.4 is 4.90 Å². The molecule has 1 aliphatic heterocycles. The van der Waals surface area contributed by atoms with Crippen molar-refractivity contribution in [3.05, 3.63) is 101 Å². The van der Waals surface area contributed by atoms with E-state index < -0.39 is 23.4 Å². The number of amides is 2. The van der Waals surface area contributed by atoms with Crippen molar-refractivity contribution in [2.75, 3.05) is 31.1 Å². The minimum atomic E-state index is -1.08. The Morgan fingerprint density at radius 3 is 2.22 bits per heavy atom. The van der Waals surface area contributed by atoms with Gasteiger partial charge in [-0.2, -0.15) is 0 Å². The Bertz CT molecular complexity index is 1240. The lowest BCUT2D eigenvalue weighted by Crippen LogP contribution is -2.39. The molecular formula is C28H28F3N3O2. The van der Waals surface area contributed by atoms with Gasteiger partial charge in [0.1, 0.15) is 5.82 Å². The molecule has 0 unspecified atom stereocenters. The monoisotopic (exact) mass is 495 g/mol. The summed E-state index contributed by atoms with van der Waals surface area (Å²) >= 11 is 0. The van der Waals surface area contributed by atoms with Crippen LogP contribution in [0.5, 0.6) is 0 Å². The Balaban J connectivity index is 1.73. The molecule has 0 bridgehead atoms. The Labute approximate surface area is 208 Å². The first-order valence-electron chi connectivity index (χ1n) is 11.9. The highest BCUT2D eigenvalue weighted by atomic mass is 19.2. The number of carbonyl (C=O) groups excluding carboxylic acids is 2. The van der Waals surface area contributed by atoms with Crippen molar-refractivity contribution in [1.82, 2.24) is 9.80 Å². The summed E-state index contributed by atoms with van der Waals surface area (Å²) in [4.78, 5) is 31.0. The van der Waals surface area contributed by atoms with Crippen molar-refractivity contribution in [3.63, 3.8) is 0 Å². The lowest BCUT2D eigenvalue weighted by atomic mass is 10.1. The zero-order valence-corrected chi connectivity index (χ0v) is 20.1. The van der Waals surface area contributed by atoms with Crippen LogP contribution in [0.25, 0.3) is 0 Å². The highest BCUT2D eigenvalue weighted by molar-refractivity contribution is 5.95. The molecule has 3 aromatic rings. The number of nitrogens with zero attached hydrogens (tertiary/aromatic N) is 3. The van der Waals surface area contributed by atoms with E-state index in [9.17, 15) is 22.8 Å². The molecule has 1 aliphatic rings. The molecule has 0 spiro atoms. The Kier molecular flexibility index (Phi) is 8.05. The zero-order chi connectivity index (χ0) is 25.7. The number of hydrogen-bond donors (Lipinski definition) is 0. The standard InChI is InChI=1S/C28H28F3N3O2/c1-20(35)34-13-7-12-32(18-21-8-3-2-4-9-21)14-15-33(28(36)23-10-5-6-11-24(23)29)19-22-16-25(30)26(31)17-27(22)34/h2-6,8-11,16-17H,7,12-15,18-19H2,1H3. The van der Waals surface area contributed by atoms with Gasteiger partial charge in [-0.05, 0) is 35.7 Å². The quantitative estimate of drug-likeness (QED) is 0.514. The average molecular weight is 496 g/mol. The third kappa shape index (κ3) is 5.94. The second-order valence-corrected chi connectivity index (χ2v) is 8.89. The smallest absolute Gasteiger partial charge is 0.257 e. The van der Waals surface area contributed by atoms with Crippen LogP contribution in [-0.2, 0) is 17.9 Å². The third-order valence-electron chi connectivity index (χ3n) is 6.34. The van der Waals surface area contributed by atoms with Crippen LogP contribution in [0, 0.1) is 17.5 Å². The highest BCUT2D eigenvalue weighted by Gasteiger charge is 2.26. The predicted octanol–water partition coefficient (Wildman–Crippen LogP) is 5.01. The summed E-state index contributed by atoms with van der Waals surface area (Å²) in [6.07, 6.45) is 0.589. The SMILES string of the molecule is CC(=O)N1CCCN(Cc2ccccc2)CCN(C(=O)c2ccccc2F)Cc2cc(F)c(F)cc21. The second kappa shape index (κ2) is 11.4. The molecule has 0 fully saturated rings. The molecule has 5 nitrogen and oxygen atoms in total. The van der Waals surface area contributed by atoms with E-state index in [0.29, 0.717) is 32.6 Å². The Hall–Kier alpha value is -3.65. The number of carbonyl (C=O) groups is 2. The van der Waals surface area contributed by atoms with Crippen LogP contribution in [0.15, 0.2) is 66.7 Å². The van der Waals surface area contributed by atoms with Crippen molar-refractivity contribution in [2.24, 2.45) is 0 Å². The van der Waals surface area contributed by atoms with Gasteiger partial charge < -0.3 is 9.80 Å². The molecule has 1 heterocycles. The van der Waals surface area contributed by atoms with Crippen molar-refractivity contribution in [2.45, 2.75) is 26.4 Å². The number of fused-ring (bicyclic) bond motifs is 1. The Morgan fingerprint density at radius 1 is 0.806 bits per heavy atom. The van der Waals surface area contributed by atoms with Gasteiger partial charge in [-0.15, -0.1) is 0 Å². The number of benzene rings is 3. The molecule has 3 aromatic carbocycles. The number of rotatable bonds is 3. The molecule has 0 N–H and O–H groups in total. The minimum Gasteiger partial charge on any atom is -0.333 e. The van der Waals surface area contributed by atoms with E-state index >= 15 is 0 Å². The summed E-state index contributed by atoms with van der Waals surface area (Å²) in [6, 6.07) is 17.6. The van der Waals surface area contributed by atoms with E-state index in [2.05, 4.69) is 4.90 Å². The topological polar surface area (TPSA) is 43.9 Å². The van der Waals surface area contributed by atoms with Gasteiger partial charge in [0.05, 0.1) is 11.3 Å². The lowest BCUT2D eigenvalue weighted by molar-refractivity contribution is -0.116. The summed E-state index contributed by atoms with van der Waals surface area (Å²) in [6.45, 7) is 3.52. The summed E-state index contributed by atoms with van der Waals surface area (Å²) < 4.78 is 43.1. The Morgan fingerprint density at radius 2 is 1.50 bits per heavy atom. The lowest BCUT2D eigenvalue weighted by Gasteiger charge is -2.28. The van der Waals surface area contributed by atoms with Gasteiger partial charge in [-0.1, -0.05) is 42.5 Å². The fraction of sp³-hybridized carbons (Fsp3) is 0.286. The van der Waals surface area contributed by atoms with Crippen molar-refractivity contribution in [3.8, 4) is 0 Å². The van der Waals surface area contributed by atoms with Gasteiger partial charge in [0.15, 0.2) is 11.6 Å². The first-order valence-corrected chi connectivity index (χ1v) is 11.9.